The molecule has 0 saturated heterocycles. The normalized spacial score (nSPS) is 10.8. The first-order valence-electron chi connectivity index (χ1n) is 9.21. The Hall–Kier alpha value is -3.15. The average molecular weight is 382 g/mol. The van der Waals surface area contributed by atoms with Crippen LogP contribution in [0.4, 0.5) is 5.69 Å². The second-order valence-corrected chi connectivity index (χ2v) is 6.90. The number of aryl methyl sites for hydroxylation is 1. The molecule has 0 spiro atoms. The minimum Gasteiger partial charge on any atom is -0.455 e. The van der Waals surface area contributed by atoms with Gasteiger partial charge in [0.15, 0.2) is 6.61 Å². The molecule has 2 amide bonds. The van der Waals surface area contributed by atoms with E-state index < -0.39 is 23.9 Å². The topological polar surface area (TPSA) is 84.5 Å². The van der Waals surface area contributed by atoms with Crippen molar-refractivity contribution in [1.82, 2.24) is 5.32 Å². The van der Waals surface area contributed by atoms with Gasteiger partial charge in [-0.25, -0.2) is 0 Å². The van der Waals surface area contributed by atoms with Gasteiger partial charge in [-0.1, -0.05) is 55.5 Å². The SMILES string of the molecule is CCc1ccccc1NC(=O)CNC(=O)COC(=O)C(C)(C)c1ccccc1. The summed E-state index contributed by atoms with van der Waals surface area (Å²) in [6, 6.07) is 16.7. The second kappa shape index (κ2) is 9.69. The molecule has 2 N–H and O–H groups in total. The zero-order valence-electron chi connectivity index (χ0n) is 16.5. The predicted molar refractivity (Wildman–Crippen MR) is 108 cm³/mol. The van der Waals surface area contributed by atoms with Gasteiger partial charge in [0.05, 0.1) is 12.0 Å². The van der Waals surface area contributed by atoms with Gasteiger partial charge in [0, 0.05) is 5.69 Å². The summed E-state index contributed by atoms with van der Waals surface area (Å²) >= 11 is 0. The molecule has 2 aromatic rings. The fraction of sp³-hybridized carbons (Fsp3) is 0.318. The van der Waals surface area contributed by atoms with Crippen molar-refractivity contribution in [2.75, 3.05) is 18.5 Å². The third-order valence-corrected chi connectivity index (χ3v) is 4.46. The van der Waals surface area contributed by atoms with E-state index in [1.165, 1.54) is 0 Å². The number of nitrogens with one attached hydrogen (secondary N) is 2. The highest BCUT2D eigenvalue weighted by molar-refractivity contribution is 5.95. The molecule has 2 rings (SSSR count). The third-order valence-electron chi connectivity index (χ3n) is 4.46. The number of hydrogen-bond donors (Lipinski definition) is 2. The van der Waals surface area contributed by atoms with Gasteiger partial charge in [0.2, 0.25) is 5.91 Å². The molecule has 0 saturated carbocycles. The minimum absolute atomic E-state index is 0.198. The lowest BCUT2D eigenvalue weighted by molar-refractivity contribution is -0.153. The minimum atomic E-state index is -0.872. The number of anilines is 1. The van der Waals surface area contributed by atoms with E-state index in [4.69, 9.17) is 4.74 Å². The highest BCUT2D eigenvalue weighted by atomic mass is 16.5. The zero-order valence-corrected chi connectivity index (χ0v) is 16.5. The van der Waals surface area contributed by atoms with Crippen LogP contribution in [0.1, 0.15) is 31.9 Å². The number of benzene rings is 2. The van der Waals surface area contributed by atoms with Crippen molar-refractivity contribution < 1.29 is 19.1 Å². The molecule has 6 heteroatoms. The number of ether oxygens (including phenoxy) is 1. The van der Waals surface area contributed by atoms with Crippen molar-refractivity contribution in [3.63, 3.8) is 0 Å². The molecular formula is C22H26N2O4. The molecule has 0 aliphatic carbocycles. The molecule has 0 atom stereocenters. The summed E-state index contributed by atoms with van der Waals surface area (Å²) in [6.07, 6.45) is 0.788. The highest BCUT2D eigenvalue weighted by Gasteiger charge is 2.31. The van der Waals surface area contributed by atoms with Gasteiger partial charge < -0.3 is 15.4 Å². The van der Waals surface area contributed by atoms with Crippen LogP contribution in [-0.4, -0.2) is 30.9 Å². The van der Waals surface area contributed by atoms with Crippen LogP contribution in [0, 0.1) is 0 Å². The van der Waals surface area contributed by atoms with E-state index in [2.05, 4.69) is 10.6 Å². The summed E-state index contributed by atoms with van der Waals surface area (Å²) in [4.78, 5) is 36.3. The van der Waals surface area contributed by atoms with Crippen molar-refractivity contribution in [2.45, 2.75) is 32.6 Å². The Morgan fingerprint density at radius 3 is 2.25 bits per heavy atom. The van der Waals surface area contributed by atoms with Gasteiger partial charge in [0.1, 0.15) is 0 Å². The van der Waals surface area contributed by atoms with Crippen LogP contribution in [0.5, 0.6) is 0 Å². The summed E-state index contributed by atoms with van der Waals surface area (Å²) in [5.74, 6) is -1.38. The number of hydrogen-bond acceptors (Lipinski definition) is 4. The number of rotatable bonds is 8. The number of para-hydroxylation sites is 1. The maximum atomic E-state index is 12.3. The van der Waals surface area contributed by atoms with Crippen LogP contribution in [-0.2, 0) is 31.0 Å². The van der Waals surface area contributed by atoms with E-state index in [1.54, 1.807) is 13.8 Å². The lowest BCUT2D eigenvalue weighted by Gasteiger charge is -2.22. The molecule has 0 unspecified atom stereocenters. The van der Waals surface area contributed by atoms with Crippen molar-refractivity contribution in [1.29, 1.82) is 0 Å². The molecular weight excluding hydrogens is 356 g/mol. The summed E-state index contributed by atoms with van der Waals surface area (Å²) in [6.45, 7) is 4.84. The van der Waals surface area contributed by atoms with Crippen LogP contribution in [0.15, 0.2) is 54.6 Å². The molecule has 0 aliphatic heterocycles. The van der Waals surface area contributed by atoms with Crippen molar-refractivity contribution in [3.05, 3.63) is 65.7 Å². The van der Waals surface area contributed by atoms with Gasteiger partial charge in [-0.05, 0) is 37.5 Å². The smallest absolute Gasteiger partial charge is 0.316 e. The van der Waals surface area contributed by atoms with E-state index in [9.17, 15) is 14.4 Å². The zero-order chi connectivity index (χ0) is 20.6. The lowest BCUT2D eigenvalue weighted by Crippen LogP contribution is -2.38. The molecule has 0 aromatic heterocycles. The lowest BCUT2D eigenvalue weighted by atomic mass is 9.85. The molecule has 148 valence electrons. The molecule has 0 bridgehead atoms. The van der Waals surface area contributed by atoms with Gasteiger partial charge in [-0.3, -0.25) is 14.4 Å². The summed E-state index contributed by atoms with van der Waals surface area (Å²) in [5.41, 5.74) is 1.66. The van der Waals surface area contributed by atoms with Gasteiger partial charge in [-0.2, -0.15) is 0 Å². The first-order chi connectivity index (χ1) is 13.3. The Balaban J connectivity index is 1.79. The van der Waals surface area contributed by atoms with Crippen molar-refractivity contribution >= 4 is 23.5 Å². The monoisotopic (exact) mass is 382 g/mol. The Kier molecular flexibility index (Phi) is 7.32. The molecule has 0 heterocycles. The molecule has 0 aliphatic rings. The van der Waals surface area contributed by atoms with Crippen LogP contribution in [0.25, 0.3) is 0 Å². The summed E-state index contributed by atoms with van der Waals surface area (Å²) in [5, 5.41) is 5.22. The summed E-state index contributed by atoms with van der Waals surface area (Å²) in [7, 11) is 0. The number of esters is 1. The Bertz CT molecular complexity index is 831. The van der Waals surface area contributed by atoms with E-state index in [0.29, 0.717) is 0 Å². The summed E-state index contributed by atoms with van der Waals surface area (Å²) < 4.78 is 5.13. The van der Waals surface area contributed by atoms with Crippen LogP contribution < -0.4 is 10.6 Å². The molecule has 2 aromatic carbocycles. The third kappa shape index (κ3) is 5.67. The van der Waals surface area contributed by atoms with Gasteiger partial charge in [-0.15, -0.1) is 0 Å². The maximum Gasteiger partial charge on any atom is 0.316 e. The van der Waals surface area contributed by atoms with Crippen LogP contribution in [0.3, 0.4) is 0 Å². The molecule has 6 nitrogen and oxygen atoms in total. The van der Waals surface area contributed by atoms with Gasteiger partial charge in [0.25, 0.3) is 5.91 Å². The molecule has 0 fully saturated rings. The first-order valence-corrected chi connectivity index (χ1v) is 9.21. The number of amides is 2. The molecule has 0 radical (unpaired) electrons. The Labute approximate surface area is 165 Å². The second-order valence-electron chi connectivity index (χ2n) is 6.90. The van der Waals surface area contributed by atoms with Gasteiger partial charge >= 0.3 is 5.97 Å². The number of carbonyl (C=O) groups is 3. The quantitative estimate of drug-likeness (QED) is 0.688. The van der Waals surface area contributed by atoms with E-state index >= 15 is 0 Å². The van der Waals surface area contributed by atoms with E-state index in [1.807, 2.05) is 61.5 Å². The predicted octanol–water partition coefficient (Wildman–Crippen LogP) is 2.82. The first kappa shape index (κ1) is 21.2. The fourth-order valence-electron chi connectivity index (χ4n) is 2.66. The maximum absolute atomic E-state index is 12.3. The van der Waals surface area contributed by atoms with Crippen LogP contribution in [0.2, 0.25) is 0 Å². The Morgan fingerprint density at radius 2 is 1.57 bits per heavy atom. The standard InChI is InChI=1S/C22H26N2O4/c1-4-16-10-8-9-13-18(16)24-19(25)14-23-20(26)15-28-21(27)22(2,3)17-11-6-5-7-12-17/h5-13H,4,14-15H2,1-3H3,(H,23,26)(H,24,25). The molecule has 28 heavy (non-hydrogen) atoms. The fourth-order valence-corrected chi connectivity index (χ4v) is 2.66. The average Bonchev–Trinajstić information content (AvgIpc) is 2.71. The van der Waals surface area contributed by atoms with E-state index in [-0.39, 0.29) is 12.5 Å². The largest absolute Gasteiger partial charge is 0.455 e. The van der Waals surface area contributed by atoms with Crippen molar-refractivity contribution in [3.8, 4) is 0 Å². The van der Waals surface area contributed by atoms with Crippen molar-refractivity contribution in [2.24, 2.45) is 0 Å². The van der Waals surface area contributed by atoms with Crippen LogP contribution >= 0.6 is 0 Å². The Morgan fingerprint density at radius 1 is 0.929 bits per heavy atom. The van der Waals surface area contributed by atoms with E-state index in [0.717, 1.165) is 23.2 Å². The highest BCUT2D eigenvalue weighted by Crippen LogP contribution is 2.24. The number of carbonyl (C=O) groups excluding carboxylic acids is 3.